The van der Waals surface area contributed by atoms with Gasteiger partial charge in [0.25, 0.3) is 0 Å². The van der Waals surface area contributed by atoms with Gasteiger partial charge >= 0.3 is 0 Å². The fraction of sp³-hybridized carbons (Fsp3) is 0.875. The summed E-state index contributed by atoms with van der Waals surface area (Å²) in [5.74, 6) is 1.10. The Morgan fingerprint density at radius 2 is 1.73 bits per heavy atom. The minimum Gasteiger partial charge on any atom is -0.370 e. The van der Waals surface area contributed by atoms with E-state index >= 15 is 0 Å². The Balaban J connectivity index is 2.34. The molecule has 0 aromatic rings. The maximum atomic E-state index is 5.29. The quantitative estimate of drug-likeness (QED) is 0.435. The topological polar surface area (TPSA) is 64.4 Å². The van der Waals surface area contributed by atoms with Crippen LogP contribution in [-0.4, -0.2) is 12.0 Å². The number of nitrogens with zero attached hydrogens (tertiary/aromatic N) is 1. The summed E-state index contributed by atoms with van der Waals surface area (Å²) in [6.07, 6.45) is 4.83. The van der Waals surface area contributed by atoms with Gasteiger partial charge in [0.15, 0.2) is 5.96 Å². The zero-order valence-electron chi connectivity index (χ0n) is 7.09. The molecule has 1 aliphatic carbocycles. The van der Waals surface area contributed by atoms with Crippen molar-refractivity contribution in [3.8, 4) is 0 Å². The minimum atomic E-state index is 0.240. The zero-order chi connectivity index (χ0) is 8.27. The van der Waals surface area contributed by atoms with Crippen LogP contribution in [0.1, 0.15) is 32.6 Å². The van der Waals surface area contributed by atoms with Gasteiger partial charge in [-0.05, 0) is 31.6 Å². The van der Waals surface area contributed by atoms with Crippen LogP contribution in [0, 0.1) is 5.92 Å². The van der Waals surface area contributed by atoms with E-state index in [1.807, 2.05) is 0 Å². The van der Waals surface area contributed by atoms with Crippen LogP contribution in [0.25, 0.3) is 0 Å². The summed E-state index contributed by atoms with van der Waals surface area (Å²) in [7, 11) is 0. The summed E-state index contributed by atoms with van der Waals surface area (Å²) in [6.45, 7) is 2.28. The number of aliphatic imine (C=N–C) groups is 1. The molecule has 4 N–H and O–H groups in total. The largest absolute Gasteiger partial charge is 0.370 e. The maximum absolute atomic E-state index is 5.29. The Hall–Kier alpha value is -0.730. The van der Waals surface area contributed by atoms with E-state index in [0.29, 0.717) is 6.04 Å². The average Bonchev–Trinajstić information content (AvgIpc) is 1.93. The van der Waals surface area contributed by atoms with Crippen LogP contribution in [0.5, 0.6) is 0 Å². The Morgan fingerprint density at radius 1 is 1.18 bits per heavy atom. The second kappa shape index (κ2) is 3.60. The number of hydrogen-bond donors (Lipinski definition) is 2. The molecule has 1 saturated carbocycles. The van der Waals surface area contributed by atoms with Crippen LogP contribution in [0.15, 0.2) is 4.99 Å². The summed E-state index contributed by atoms with van der Waals surface area (Å²) in [4.78, 5) is 4.14. The molecular weight excluding hydrogens is 138 g/mol. The molecule has 0 aromatic heterocycles. The van der Waals surface area contributed by atoms with Crippen LogP contribution < -0.4 is 11.5 Å². The smallest absolute Gasteiger partial charge is 0.186 e. The van der Waals surface area contributed by atoms with Gasteiger partial charge in [-0.1, -0.05) is 6.92 Å². The highest BCUT2D eigenvalue weighted by molar-refractivity contribution is 5.75. The first-order valence-corrected chi connectivity index (χ1v) is 4.27. The lowest BCUT2D eigenvalue weighted by Gasteiger charge is -2.22. The molecule has 0 heterocycles. The highest BCUT2D eigenvalue weighted by Crippen LogP contribution is 2.25. The lowest BCUT2D eigenvalue weighted by Crippen LogP contribution is -2.27. The third kappa shape index (κ3) is 2.78. The summed E-state index contributed by atoms with van der Waals surface area (Å²) >= 11 is 0. The molecule has 0 bridgehead atoms. The monoisotopic (exact) mass is 155 g/mol. The van der Waals surface area contributed by atoms with E-state index in [1.165, 1.54) is 12.8 Å². The molecule has 11 heavy (non-hydrogen) atoms. The van der Waals surface area contributed by atoms with Crippen molar-refractivity contribution >= 4 is 5.96 Å². The normalized spacial score (nSPS) is 31.4. The van der Waals surface area contributed by atoms with Crippen molar-refractivity contribution in [2.24, 2.45) is 22.4 Å². The highest BCUT2D eigenvalue weighted by Gasteiger charge is 2.16. The molecule has 0 aromatic carbocycles. The van der Waals surface area contributed by atoms with E-state index in [0.717, 1.165) is 18.8 Å². The van der Waals surface area contributed by atoms with Crippen LogP contribution in [0.4, 0.5) is 0 Å². The third-order valence-electron chi connectivity index (χ3n) is 2.32. The van der Waals surface area contributed by atoms with Crippen LogP contribution >= 0.6 is 0 Å². The van der Waals surface area contributed by atoms with Gasteiger partial charge in [0, 0.05) is 0 Å². The molecule has 0 amide bonds. The van der Waals surface area contributed by atoms with Crippen molar-refractivity contribution in [3.05, 3.63) is 0 Å². The molecule has 0 spiro atoms. The molecule has 64 valence electrons. The molecule has 3 nitrogen and oxygen atoms in total. The summed E-state index contributed by atoms with van der Waals surface area (Å²) < 4.78 is 0. The first-order valence-electron chi connectivity index (χ1n) is 4.27. The maximum Gasteiger partial charge on any atom is 0.186 e. The predicted molar refractivity (Wildman–Crippen MR) is 47.2 cm³/mol. The van der Waals surface area contributed by atoms with E-state index < -0.39 is 0 Å². The van der Waals surface area contributed by atoms with Crippen molar-refractivity contribution in [2.75, 3.05) is 0 Å². The Bertz CT molecular complexity index is 141. The van der Waals surface area contributed by atoms with Crippen molar-refractivity contribution in [2.45, 2.75) is 38.6 Å². The van der Waals surface area contributed by atoms with Gasteiger partial charge in [0.05, 0.1) is 6.04 Å². The highest BCUT2D eigenvalue weighted by atomic mass is 15.0. The second-order valence-corrected chi connectivity index (χ2v) is 3.47. The Morgan fingerprint density at radius 3 is 2.18 bits per heavy atom. The average molecular weight is 155 g/mol. The summed E-state index contributed by atoms with van der Waals surface area (Å²) in [5, 5.41) is 0. The van der Waals surface area contributed by atoms with Gasteiger partial charge in [-0.15, -0.1) is 0 Å². The number of hydrogen-bond acceptors (Lipinski definition) is 1. The summed E-state index contributed by atoms with van der Waals surface area (Å²) in [5.41, 5.74) is 10.6. The second-order valence-electron chi connectivity index (χ2n) is 3.47. The standard InChI is InChI=1S/C8H17N3/c1-6-2-4-7(5-3-6)11-8(9)10/h6-7H,2-5H2,1H3,(H4,9,10,11). The van der Waals surface area contributed by atoms with Gasteiger partial charge in [0.1, 0.15) is 0 Å². The first kappa shape index (κ1) is 8.37. The fourth-order valence-electron chi connectivity index (χ4n) is 1.58. The molecule has 1 aliphatic rings. The van der Waals surface area contributed by atoms with Crippen molar-refractivity contribution in [1.82, 2.24) is 0 Å². The molecule has 0 saturated heterocycles. The lowest BCUT2D eigenvalue weighted by atomic mass is 9.88. The van der Waals surface area contributed by atoms with Crippen molar-refractivity contribution in [1.29, 1.82) is 0 Å². The predicted octanol–water partition coefficient (Wildman–Crippen LogP) is 0.839. The Kier molecular flexibility index (Phi) is 2.74. The van der Waals surface area contributed by atoms with Crippen molar-refractivity contribution in [3.63, 3.8) is 0 Å². The van der Waals surface area contributed by atoms with Crippen molar-refractivity contribution < 1.29 is 0 Å². The van der Waals surface area contributed by atoms with E-state index in [-0.39, 0.29) is 5.96 Å². The molecule has 0 atom stereocenters. The van der Waals surface area contributed by atoms with Crippen LogP contribution in [0.3, 0.4) is 0 Å². The van der Waals surface area contributed by atoms with Gasteiger partial charge in [0.2, 0.25) is 0 Å². The van der Waals surface area contributed by atoms with Gasteiger partial charge < -0.3 is 11.5 Å². The van der Waals surface area contributed by atoms with E-state index in [9.17, 15) is 0 Å². The van der Waals surface area contributed by atoms with Crippen LogP contribution in [-0.2, 0) is 0 Å². The molecule has 0 aliphatic heterocycles. The van der Waals surface area contributed by atoms with Gasteiger partial charge in [-0.25, -0.2) is 0 Å². The van der Waals surface area contributed by atoms with E-state index in [2.05, 4.69) is 11.9 Å². The molecule has 1 rings (SSSR count). The third-order valence-corrected chi connectivity index (χ3v) is 2.32. The van der Waals surface area contributed by atoms with E-state index in [4.69, 9.17) is 11.5 Å². The minimum absolute atomic E-state index is 0.240. The van der Waals surface area contributed by atoms with Gasteiger partial charge in [-0.2, -0.15) is 0 Å². The number of rotatable bonds is 1. The molecule has 1 fully saturated rings. The first-order chi connectivity index (χ1) is 5.18. The fourth-order valence-corrected chi connectivity index (χ4v) is 1.58. The van der Waals surface area contributed by atoms with Gasteiger partial charge in [-0.3, -0.25) is 4.99 Å². The lowest BCUT2D eigenvalue weighted by molar-refractivity contribution is 0.349. The molecular formula is C8H17N3. The molecule has 0 radical (unpaired) electrons. The number of nitrogens with two attached hydrogens (primary N) is 2. The zero-order valence-corrected chi connectivity index (χ0v) is 7.09. The van der Waals surface area contributed by atoms with E-state index in [1.54, 1.807) is 0 Å². The van der Waals surface area contributed by atoms with Crippen LogP contribution in [0.2, 0.25) is 0 Å². The number of guanidine groups is 1. The SMILES string of the molecule is CC1CCC(N=C(N)N)CC1. The summed E-state index contributed by atoms with van der Waals surface area (Å²) in [6, 6.07) is 0.399. The molecule has 0 unspecified atom stereocenters. The Labute approximate surface area is 67.9 Å². The molecule has 3 heteroatoms.